The Morgan fingerprint density at radius 1 is 1.55 bits per heavy atom. The van der Waals surface area contributed by atoms with E-state index in [0.717, 1.165) is 36.0 Å². The number of benzene rings is 1. The first-order chi connectivity index (χ1) is 9.49. The average molecular weight is 273 g/mol. The zero-order valence-electron chi connectivity index (χ0n) is 11.8. The molecule has 2 atom stereocenters. The minimum atomic E-state index is -0.477. The van der Waals surface area contributed by atoms with Crippen molar-refractivity contribution in [1.82, 2.24) is 4.98 Å². The quantitative estimate of drug-likeness (QED) is 0.881. The lowest BCUT2D eigenvalue weighted by Crippen LogP contribution is -2.44. The molecular formula is C15H19N3O2. The Bertz CT molecular complexity index is 664. The Kier molecular flexibility index (Phi) is 3.01. The first kappa shape index (κ1) is 13.1. The minimum Gasteiger partial charge on any atom is -0.441 e. The molecule has 3 N–H and O–H groups in total. The number of carbonyl (C=O) groups excluding carboxylic acids is 1. The first-order valence-electron chi connectivity index (χ1n) is 6.93. The Hall–Kier alpha value is -1.88. The minimum absolute atomic E-state index is 0.0120. The molecule has 1 fully saturated rings. The Balaban J connectivity index is 1.83. The summed E-state index contributed by atoms with van der Waals surface area (Å²) in [5, 5.41) is 2.96. The summed E-state index contributed by atoms with van der Waals surface area (Å²) in [5.74, 6) is 0.607. The van der Waals surface area contributed by atoms with Crippen LogP contribution in [-0.4, -0.2) is 16.9 Å². The number of fused-ring (bicyclic) bond motifs is 1. The number of rotatable bonds is 2. The number of carbonyl (C=O) groups is 1. The summed E-state index contributed by atoms with van der Waals surface area (Å²) in [5.41, 5.74) is 7.81. The molecule has 3 rings (SSSR count). The van der Waals surface area contributed by atoms with Gasteiger partial charge < -0.3 is 15.5 Å². The molecule has 1 aliphatic rings. The van der Waals surface area contributed by atoms with Gasteiger partial charge in [0.15, 0.2) is 11.5 Å². The van der Waals surface area contributed by atoms with E-state index in [-0.39, 0.29) is 11.9 Å². The van der Waals surface area contributed by atoms with Crippen LogP contribution in [0.5, 0.6) is 0 Å². The summed E-state index contributed by atoms with van der Waals surface area (Å²) >= 11 is 0. The van der Waals surface area contributed by atoms with Gasteiger partial charge in [-0.05, 0) is 38.0 Å². The molecule has 1 amide bonds. The fraction of sp³-hybridized carbons (Fsp3) is 0.467. The fourth-order valence-electron chi connectivity index (χ4n) is 2.87. The molecule has 5 heteroatoms. The highest BCUT2D eigenvalue weighted by Crippen LogP contribution is 2.37. The van der Waals surface area contributed by atoms with Crippen LogP contribution in [-0.2, 0) is 4.79 Å². The predicted octanol–water partition coefficient (Wildman–Crippen LogP) is 2.59. The largest absolute Gasteiger partial charge is 0.441 e. The molecule has 1 aliphatic carbocycles. The maximum Gasteiger partial charge on any atom is 0.231 e. The lowest BCUT2D eigenvalue weighted by atomic mass is 9.84. The second-order valence-corrected chi connectivity index (χ2v) is 5.79. The number of amides is 1. The first-order valence-corrected chi connectivity index (χ1v) is 6.93. The number of nitrogens with two attached hydrogens (primary N) is 1. The van der Waals surface area contributed by atoms with Crippen molar-refractivity contribution in [3.05, 3.63) is 24.1 Å². The molecule has 20 heavy (non-hydrogen) atoms. The van der Waals surface area contributed by atoms with Crippen LogP contribution in [0, 0.1) is 12.3 Å². The SMILES string of the molecule is Cc1nc2cc(NC(=O)C3(C)CCCC3N)ccc2o1. The third-order valence-electron chi connectivity index (χ3n) is 4.30. The van der Waals surface area contributed by atoms with Crippen LogP contribution in [0.4, 0.5) is 5.69 Å². The normalized spacial score (nSPS) is 26.1. The van der Waals surface area contributed by atoms with Gasteiger partial charge in [-0.3, -0.25) is 4.79 Å². The van der Waals surface area contributed by atoms with E-state index in [1.165, 1.54) is 0 Å². The molecule has 1 heterocycles. The predicted molar refractivity (Wildman–Crippen MR) is 77.3 cm³/mol. The molecule has 106 valence electrons. The van der Waals surface area contributed by atoms with Gasteiger partial charge >= 0.3 is 0 Å². The summed E-state index contributed by atoms with van der Waals surface area (Å²) in [4.78, 5) is 16.7. The maximum atomic E-state index is 12.5. The van der Waals surface area contributed by atoms with E-state index >= 15 is 0 Å². The van der Waals surface area contributed by atoms with Crippen molar-refractivity contribution in [1.29, 1.82) is 0 Å². The van der Waals surface area contributed by atoms with Gasteiger partial charge in [0.05, 0.1) is 5.41 Å². The molecule has 1 aromatic carbocycles. The highest BCUT2D eigenvalue weighted by molar-refractivity contribution is 5.97. The van der Waals surface area contributed by atoms with E-state index in [4.69, 9.17) is 10.2 Å². The third-order valence-corrected chi connectivity index (χ3v) is 4.30. The number of oxazole rings is 1. The van der Waals surface area contributed by atoms with Gasteiger partial charge in [0, 0.05) is 18.7 Å². The van der Waals surface area contributed by atoms with E-state index in [1.807, 2.05) is 25.1 Å². The van der Waals surface area contributed by atoms with Gasteiger partial charge in [-0.25, -0.2) is 4.98 Å². The van der Waals surface area contributed by atoms with Crippen LogP contribution in [0.25, 0.3) is 11.1 Å². The Morgan fingerprint density at radius 3 is 3.05 bits per heavy atom. The number of hydrogen-bond donors (Lipinski definition) is 2. The highest BCUT2D eigenvalue weighted by atomic mass is 16.3. The van der Waals surface area contributed by atoms with Crippen molar-refractivity contribution < 1.29 is 9.21 Å². The second-order valence-electron chi connectivity index (χ2n) is 5.79. The van der Waals surface area contributed by atoms with E-state index in [1.54, 1.807) is 6.92 Å². The molecule has 0 spiro atoms. The molecule has 2 unspecified atom stereocenters. The molecular weight excluding hydrogens is 254 g/mol. The van der Waals surface area contributed by atoms with E-state index < -0.39 is 5.41 Å². The van der Waals surface area contributed by atoms with Gasteiger partial charge in [-0.2, -0.15) is 0 Å². The van der Waals surface area contributed by atoms with Crippen LogP contribution < -0.4 is 11.1 Å². The monoisotopic (exact) mass is 273 g/mol. The van der Waals surface area contributed by atoms with Gasteiger partial charge in [-0.1, -0.05) is 6.42 Å². The maximum absolute atomic E-state index is 12.5. The zero-order valence-corrected chi connectivity index (χ0v) is 11.8. The summed E-state index contributed by atoms with van der Waals surface area (Å²) in [6.45, 7) is 3.75. The third kappa shape index (κ3) is 2.08. The van der Waals surface area contributed by atoms with Crippen molar-refractivity contribution >= 4 is 22.7 Å². The molecule has 0 radical (unpaired) electrons. The number of anilines is 1. The van der Waals surface area contributed by atoms with Gasteiger partial charge in [0.25, 0.3) is 0 Å². The molecule has 0 saturated heterocycles. The van der Waals surface area contributed by atoms with Crippen molar-refractivity contribution in [3.8, 4) is 0 Å². The fourth-order valence-corrected chi connectivity index (χ4v) is 2.87. The van der Waals surface area contributed by atoms with Crippen LogP contribution in [0.1, 0.15) is 32.1 Å². The number of aryl methyl sites for hydroxylation is 1. The number of hydrogen-bond acceptors (Lipinski definition) is 4. The van der Waals surface area contributed by atoms with E-state index in [2.05, 4.69) is 10.3 Å². The molecule has 1 aromatic heterocycles. The molecule has 0 bridgehead atoms. The van der Waals surface area contributed by atoms with Crippen molar-refractivity contribution in [2.45, 2.75) is 39.2 Å². The van der Waals surface area contributed by atoms with Gasteiger partial charge in [-0.15, -0.1) is 0 Å². The van der Waals surface area contributed by atoms with Crippen molar-refractivity contribution in [2.75, 3.05) is 5.32 Å². The summed E-state index contributed by atoms with van der Waals surface area (Å²) in [6, 6.07) is 5.41. The van der Waals surface area contributed by atoms with Crippen LogP contribution in [0.2, 0.25) is 0 Å². The van der Waals surface area contributed by atoms with Crippen LogP contribution in [0.15, 0.2) is 22.6 Å². The van der Waals surface area contributed by atoms with Gasteiger partial charge in [0.2, 0.25) is 5.91 Å². The van der Waals surface area contributed by atoms with Gasteiger partial charge in [0.1, 0.15) is 5.52 Å². The summed E-state index contributed by atoms with van der Waals surface area (Å²) in [7, 11) is 0. The zero-order chi connectivity index (χ0) is 14.3. The molecule has 2 aromatic rings. The highest BCUT2D eigenvalue weighted by Gasteiger charge is 2.42. The lowest BCUT2D eigenvalue weighted by molar-refractivity contribution is -0.125. The smallest absolute Gasteiger partial charge is 0.231 e. The van der Waals surface area contributed by atoms with Crippen molar-refractivity contribution in [3.63, 3.8) is 0 Å². The number of nitrogens with zero attached hydrogens (tertiary/aromatic N) is 1. The van der Waals surface area contributed by atoms with Crippen molar-refractivity contribution in [2.24, 2.45) is 11.1 Å². The van der Waals surface area contributed by atoms with E-state index in [9.17, 15) is 4.79 Å². The topological polar surface area (TPSA) is 81.2 Å². The number of aromatic nitrogens is 1. The average Bonchev–Trinajstić information content (AvgIpc) is 2.92. The summed E-state index contributed by atoms with van der Waals surface area (Å²) < 4.78 is 5.42. The van der Waals surface area contributed by atoms with Crippen LogP contribution >= 0.6 is 0 Å². The Labute approximate surface area is 117 Å². The Morgan fingerprint density at radius 2 is 2.35 bits per heavy atom. The number of nitrogens with one attached hydrogen (secondary N) is 1. The molecule has 0 aliphatic heterocycles. The lowest BCUT2D eigenvalue weighted by Gasteiger charge is -2.27. The molecule has 1 saturated carbocycles. The standard InChI is InChI=1S/C15H19N3O2/c1-9-17-11-8-10(5-6-12(11)20-9)18-14(19)15(2)7-3-4-13(15)16/h5-6,8,13H,3-4,7,16H2,1-2H3,(H,18,19). The second kappa shape index (κ2) is 4.59. The van der Waals surface area contributed by atoms with E-state index in [0.29, 0.717) is 5.89 Å². The van der Waals surface area contributed by atoms with Crippen LogP contribution in [0.3, 0.4) is 0 Å². The summed E-state index contributed by atoms with van der Waals surface area (Å²) in [6.07, 6.45) is 2.75. The molecule has 5 nitrogen and oxygen atoms in total.